The first-order valence-electron chi connectivity index (χ1n) is 6.30. The van der Waals surface area contributed by atoms with E-state index < -0.39 is 0 Å². The number of para-hydroxylation sites is 1. The molecule has 1 atom stereocenters. The molecule has 0 fully saturated rings. The van der Waals surface area contributed by atoms with E-state index >= 15 is 0 Å². The van der Waals surface area contributed by atoms with Crippen LogP contribution in [0.2, 0.25) is 0 Å². The SMILES string of the molecule is CC(C)[C@@H]1COC(c2cnc3ccccc3c2)=N1. The summed E-state index contributed by atoms with van der Waals surface area (Å²) in [5.74, 6) is 1.24. The number of fused-ring (bicyclic) bond motifs is 1. The molecule has 0 spiro atoms. The van der Waals surface area contributed by atoms with Crippen molar-refractivity contribution in [3.63, 3.8) is 0 Å². The molecule has 0 aliphatic carbocycles. The Bertz CT molecular complexity index is 604. The fourth-order valence-electron chi connectivity index (χ4n) is 2.08. The van der Waals surface area contributed by atoms with Gasteiger partial charge in [-0.15, -0.1) is 0 Å². The molecule has 0 amide bonds. The lowest BCUT2D eigenvalue weighted by Crippen LogP contribution is -2.13. The highest BCUT2D eigenvalue weighted by molar-refractivity contribution is 5.98. The standard InChI is InChI=1S/C15H16N2O/c1-10(2)14-9-18-15(17-14)12-7-11-5-3-4-6-13(11)16-8-12/h3-8,10,14H,9H2,1-2H3/t14-/m0/s1. The smallest absolute Gasteiger partial charge is 0.218 e. The Morgan fingerprint density at radius 1 is 1.28 bits per heavy atom. The van der Waals surface area contributed by atoms with Crippen molar-refractivity contribution in [2.45, 2.75) is 19.9 Å². The predicted octanol–water partition coefficient (Wildman–Crippen LogP) is 3.04. The molecule has 2 aromatic rings. The van der Waals surface area contributed by atoms with E-state index in [2.05, 4.69) is 36.0 Å². The number of nitrogens with zero attached hydrogens (tertiary/aromatic N) is 2. The summed E-state index contributed by atoms with van der Waals surface area (Å²) in [6, 6.07) is 10.4. The van der Waals surface area contributed by atoms with Crippen LogP contribution in [0, 0.1) is 5.92 Å². The molecule has 18 heavy (non-hydrogen) atoms. The minimum absolute atomic E-state index is 0.270. The average molecular weight is 240 g/mol. The van der Waals surface area contributed by atoms with E-state index in [1.165, 1.54) is 0 Å². The van der Waals surface area contributed by atoms with Crippen molar-refractivity contribution in [1.82, 2.24) is 4.98 Å². The van der Waals surface area contributed by atoms with Crippen molar-refractivity contribution in [2.75, 3.05) is 6.61 Å². The number of benzene rings is 1. The first kappa shape index (κ1) is 11.2. The third-order valence-electron chi connectivity index (χ3n) is 3.28. The van der Waals surface area contributed by atoms with Crippen molar-refractivity contribution < 1.29 is 4.74 Å². The van der Waals surface area contributed by atoms with Gasteiger partial charge in [-0.2, -0.15) is 0 Å². The molecule has 1 aromatic carbocycles. The summed E-state index contributed by atoms with van der Waals surface area (Å²) in [5.41, 5.74) is 1.97. The second kappa shape index (κ2) is 4.41. The number of aliphatic imine (C=N–C) groups is 1. The third-order valence-corrected chi connectivity index (χ3v) is 3.28. The summed E-state index contributed by atoms with van der Waals surface area (Å²) in [5, 5.41) is 1.12. The van der Waals surface area contributed by atoms with Gasteiger partial charge in [0.1, 0.15) is 6.61 Å². The Balaban J connectivity index is 1.98. The van der Waals surface area contributed by atoms with Crippen molar-refractivity contribution in [2.24, 2.45) is 10.9 Å². The van der Waals surface area contributed by atoms with Gasteiger partial charge < -0.3 is 4.74 Å². The van der Waals surface area contributed by atoms with Crippen molar-refractivity contribution >= 4 is 16.8 Å². The lowest BCUT2D eigenvalue weighted by Gasteiger charge is -2.06. The lowest BCUT2D eigenvalue weighted by atomic mass is 10.1. The van der Waals surface area contributed by atoms with Gasteiger partial charge in [-0.05, 0) is 18.1 Å². The van der Waals surface area contributed by atoms with Gasteiger partial charge in [0, 0.05) is 11.6 Å². The topological polar surface area (TPSA) is 34.5 Å². The summed E-state index contributed by atoms with van der Waals surface area (Å²) in [4.78, 5) is 9.05. The Labute approximate surface area is 107 Å². The molecule has 3 nitrogen and oxygen atoms in total. The maximum Gasteiger partial charge on any atom is 0.218 e. The van der Waals surface area contributed by atoms with E-state index in [1.807, 2.05) is 24.4 Å². The average Bonchev–Trinajstić information content (AvgIpc) is 2.88. The van der Waals surface area contributed by atoms with Crippen LogP contribution in [0.15, 0.2) is 41.5 Å². The van der Waals surface area contributed by atoms with Crippen LogP contribution < -0.4 is 0 Å². The Hall–Kier alpha value is -1.90. The number of ether oxygens (including phenoxy) is 1. The van der Waals surface area contributed by atoms with Crippen molar-refractivity contribution in [3.8, 4) is 0 Å². The minimum atomic E-state index is 0.270. The molecule has 1 aromatic heterocycles. The quantitative estimate of drug-likeness (QED) is 0.808. The summed E-state index contributed by atoms with van der Waals surface area (Å²) < 4.78 is 5.67. The molecule has 2 heterocycles. The molecule has 3 heteroatoms. The van der Waals surface area contributed by atoms with Crippen LogP contribution in [0.3, 0.4) is 0 Å². The molecule has 1 aliphatic rings. The van der Waals surface area contributed by atoms with E-state index in [0.717, 1.165) is 22.4 Å². The highest BCUT2D eigenvalue weighted by Crippen LogP contribution is 2.19. The molecular weight excluding hydrogens is 224 g/mol. The molecule has 92 valence electrons. The summed E-state index contributed by atoms with van der Waals surface area (Å²) in [7, 11) is 0. The highest BCUT2D eigenvalue weighted by Gasteiger charge is 2.22. The zero-order valence-electron chi connectivity index (χ0n) is 10.6. The summed E-state index contributed by atoms with van der Waals surface area (Å²) in [6.45, 7) is 5.01. The monoisotopic (exact) mass is 240 g/mol. The minimum Gasteiger partial charge on any atom is -0.475 e. The molecule has 1 aliphatic heterocycles. The summed E-state index contributed by atoms with van der Waals surface area (Å²) in [6.07, 6.45) is 1.84. The molecule has 3 rings (SSSR count). The molecule has 0 unspecified atom stereocenters. The molecular formula is C15H16N2O. The van der Waals surface area contributed by atoms with E-state index in [1.54, 1.807) is 0 Å². The van der Waals surface area contributed by atoms with Gasteiger partial charge in [-0.25, -0.2) is 4.99 Å². The van der Waals surface area contributed by atoms with Gasteiger partial charge in [0.25, 0.3) is 0 Å². The van der Waals surface area contributed by atoms with Crippen LogP contribution in [0.1, 0.15) is 19.4 Å². The molecule has 0 bridgehead atoms. The largest absolute Gasteiger partial charge is 0.475 e. The van der Waals surface area contributed by atoms with Gasteiger partial charge in [-0.3, -0.25) is 4.98 Å². The van der Waals surface area contributed by atoms with E-state index in [-0.39, 0.29) is 6.04 Å². The van der Waals surface area contributed by atoms with Gasteiger partial charge in [0.15, 0.2) is 0 Å². The maximum absolute atomic E-state index is 5.67. The second-order valence-electron chi connectivity index (χ2n) is 4.97. The van der Waals surface area contributed by atoms with Crippen LogP contribution in [0.5, 0.6) is 0 Å². The maximum atomic E-state index is 5.67. The van der Waals surface area contributed by atoms with E-state index in [9.17, 15) is 0 Å². The predicted molar refractivity (Wildman–Crippen MR) is 72.9 cm³/mol. The fourth-order valence-corrected chi connectivity index (χ4v) is 2.08. The van der Waals surface area contributed by atoms with Crippen LogP contribution in [0.25, 0.3) is 10.9 Å². The van der Waals surface area contributed by atoms with Crippen LogP contribution in [-0.2, 0) is 4.74 Å². The van der Waals surface area contributed by atoms with Crippen LogP contribution >= 0.6 is 0 Å². The first-order chi connectivity index (χ1) is 8.74. The zero-order valence-corrected chi connectivity index (χ0v) is 10.6. The Morgan fingerprint density at radius 3 is 2.89 bits per heavy atom. The van der Waals surface area contributed by atoms with Gasteiger partial charge in [0.05, 0.1) is 17.1 Å². The third kappa shape index (κ3) is 1.96. The highest BCUT2D eigenvalue weighted by atomic mass is 16.5. The Kier molecular flexibility index (Phi) is 2.74. The van der Waals surface area contributed by atoms with Gasteiger partial charge >= 0.3 is 0 Å². The molecule has 0 saturated heterocycles. The van der Waals surface area contributed by atoms with Crippen LogP contribution in [0.4, 0.5) is 0 Å². The number of pyridine rings is 1. The lowest BCUT2D eigenvalue weighted by molar-refractivity contribution is 0.292. The second-order valence-corrected chi connectivity index (χ2v) is 4.97. The van der Waals surface area contributed by atoms with Gasteiger partial charge in [0.2, 0.25) is 5.90 Å². The van der Waals surface area contributed by atoms with E-state index in [0.29, 0.717) is 12.5 Å². The zero-order chi connectivity index (χ0) is 12.5. The number of hydrogen-bond acceptors (Lipinski definition) is 3. The van der Waals surface area contributed by atoms with Crippen molar-refractivity contribution in [1.29, 1.82) is 0 Å². The first-order valence-corrected chi connectivity index (χ1v) is 6.30. The number of hydrogen-bond donors (Lipinski definition) is 0. The van der Waals surface area contributed by atoms with Crippen molar-refractivity contribution in [3.05, 3.63) is 42.1 Å². The Morgan fingerprint density at radius 2 is 2.11 bits per heavy atom. The number of aromatic nitrogens is 1. The molecule has 0 saturated carbocycles. The molecule has 0 radical (unpaired) electrons. The van der Waals surface area contributed by atoms with E-state index in [4.69, 9.17) is 4.74 Å². The fraction of sp³-hybridized carbons (Fsp3) is 0.333. The van der Waals surface area contributed by atoms with Crippen LogP contribution in [-0.4, -0.2) is 23.5 Å². The molecule has 0 N–H and O–H groups in total. The normalized spacial score (nSPS) is 19.1. The summed E-state index contributed by atoms with van der Waals surface area (Å²) >= 11 is 0. The number of rotatable bonds is 2. The van der Waals surface area contributed by atoms with Gasteiger partial charge in [-0.1, -0.05) is 32.0 Å².